The first-order chi connectivity index (χ1) is 7.27. The molecule has 0 aromatic carbocycles. The fourth-order valence-electron chi connectivity index (χ4n) is 2.36. The maximum atomic E-state index is 11.4. The third kappa shape index (κ3) is 3.91. The van der Waals surface area contributed by atoms with Crippen LogP contribution in [-0.2, 0) is 4.79 Å². The van der Waals surface area contributed by atoms with Gasteiger partial charge in [-0.2, -0.15) is 5.26 Å². The van der Waals surface area contributed by atoms with Crippen LogP contribution in [0.5, 0.6) is 0 Å². The molecule has 3 heteroatoms. The number of hydrogen-bond acceptors (Lipinski definition) is 2. The van der Waals surface area contributed by atoms with Crippen LogP contribution >= 0.6 is 0 Å². The Morgan fingerprint density at radius 3 is 2.60 bits per heavy atom. The SMILES string of the molecule is CCCCC1CCC(C(=O)NC#N)CC1. The van der Waals surface area contributed by atoms with E-state index in [-0.39, 0.29) is 11.8 Å². The first kappa shape index (κ1) is 12.0. The van der Waals surface area contributed by atoms with E-state index in [9.17, 15) is 4.79 Å². The molecule has 1 aliphatic carbocycles. The molecule has 1 saturated carbocycles. The van der Waals surface area contributed by atoms with Gasteiger partial charge in [0.2, 0.25) is 5.91 Å². The van der Waals surface area contributed by atoms with Crippen molar-refractivity contribution in [3.63, 3.8) is 0 Å². The van der Waals surface area contributed by atoms with Gasteiger partial charge in [-0.15, -0.1) is 0 Å². The van der Waals surface area contributed by atoms with E-state index < -0.39 is 0 Å². The van der Waals surface area contributed by atoms with E-state index >= 15 is 0 Å². The lowest BCUT2D eigenvalue weighted by Gasteiger charge is -2.26. The number of rotatable bonds is 4. The number of amides is 1. The molecule has 0 unspecified atom stereocenters. The normalized spacial score (nSPS) is 25.6. The minimum atomic E-state index is -0.0774. The minimum Gasteiger partial charge on any atom is -0.274 e. The largest absolute Gasteiger partial charge is 0.274 e. The molecule has 0 heterocycles. The van der Waals surface area contributed by atoms with Crippen molar-refractivity contribution < 1.29 is 4.79 Å². The zero-order valence-electron chi connectivity index (χ0n) is 9.46. The second-order valence-electron chi connectivity index (χ2n) is 4.46. The highest BCUT2D eigenvalue weighted by atomic mass is 16.1. The smallest absolute Gasteiger partial charge is 0.236 e. The fraction of sp³-hybridized carbons (Fsp3) is 0.833. The second kappa shape index (κ2) is 6.44. The van der Waals surface area contributed by atoms with E-state index in [4.69, 9.17) is 5.26 Å². The van der Waals surface area contributed by atoms with Gasteiger partial charge >= 0.3 is 0 Å². The van der Waals surface area contributed by atoms with Crippen LogP contribution in [0.4, 0.5) is 0 Å². The van der Waals surface area contributed by atoms with Crippen molar-refractivity contribution in [2.24, 2.45) is 11.8 Å². The number of hydrogen-bond donors (Lipinski definition) is 1. The van der Waals surface area contributed by atoms with Gasteiger partial charge in [0.05, 0.1) is 0 Å². The highest BCUT2D eigenvalue weighted by Gasteiger charge is 2.25. The first-order valence-corrected chi connectivity index (χ1v) is 5.96. The molecule has 1 rings (SSSR count). The average molecular weight is 208 g/mol. The standard InChI is InChI=1S/C12H20N2O/c1-2-3-4-10-5-7-11(8-6-10)12(15)14-9-13/h10-11H,2-8H2,1H3,(H,14,15). The van der Waals surface area contributed by atoms with Crippen molar-refractivity contribution in [1.29, 1.82) is 5.26 Å². The predicted octanol–water partition coefficient (Wildman–Crippen LogP) is 2.58. The molecule has 0 atom stereocenters. The zero-order valence-corrected chi connectivity index (χ0v) is 9.46. The van der Waals surface area contributed by atoms with E-state index in [1.807, 2.05) is 0 Å². The van der Waals surface area contributed by atoms with E-state index in [0.29, 0.717) is 0 Å². The van der Waals surface area contributed by atoms with Gasteiger partial charge in [-0.25, -0.2) is 0 Å². The van der Waals surface area contributed by atoms with Gasteiger partial charge < -0.3 is 0 Å². The Labute approximate surface area is 91.9 Å². The molecule has 0 spiro atoms. The molecule has 15 heavy (non-hydrogen) atoms. The Hall–Kier alpha value is -1.04. The molecule has 0 bridgehead atoms. The predicted molar refractivity (Wildman–Crippen MR) is 58.7 cm³/mol. The lowest BCUT2D eigenvalue weighted by atomic mass is 9.79. The van der Waals surface area contributed by atoms with E-state index in [1.54, 1.807) is 6.19 Å². The molecule has 3 nitrogen and oxygen atoms in total. The molecule has 1 aliphatic rings. The Morgan fingerprint density at radius 2 is 2.07 bits per heavy atom. The highest BCUT2D eigenvalue weighted by Crippen LogP contribution is 2.31. The summed E-state index contributed by atoms with van der Waals surface area (Å²) in [5.74, 6) is 0.824. The molecule has 0 aromatic rings. The maximum absolute atomic E-state index is 11.4. The molecule has 0 radical (unpaired) electrons. The average Bonchev–Trinajstić information content (AvgIpc) is 2.27. The van der Waals surface area contributed by atoms with Crippen molar-refractivity contribution in [2.75, 3.05) is 0 Å². The van der Waals surface area contributed by atoms with Crippen LogP contribution in [0, 0.1) is 23.3 Å². The van der Waals surface area contributed by atoms with Gasteiger partial charge in [0.25, 0.3) is 0 Å². The Morgan fingerprint density at radius 1 is 1.40 bits per heavy atom. The number of nitrogens with zero attached hydrogens (tertiary/aromatic N) is 1. The molecular weight excluding hydrogens is 188 g/mol. The monoisotopic (exact) mass is 208 g/mol. The van der Waals surface area contributed by atoms with Gasteiger partial charge in [-0.3, -0.25) is 10.1 Å². The van der Waals surface area contributed by atoms with Crippen LogP contribution < -0.4 is 5.32 Å². The number of carbonyl (C=O) groups is 1. The lowest BCUT2D eigenvalue weighted by molar-refractivity contribution is -0.125. The summed E-state index contributed by atoms with van der Waals surface area (Å²) in [6.07, 6.45) is 9.82. The summed E-state index contributed by atoms with van der Waals surface area (Å²) < 4.78 is 0. The second-order valence-corrected chi connectivity index (χ2v) is 4.46. The van der Waals surface area contributed by atoms with Gasteiger partial charge in [0.15, 0.2) is 6.19 Å². The third-order valence-corrected chi connectivity index (χ3v) is 3.36. The minimum absolute atomic E-state index is 0.0774. The molecule has 1 N–H and O–H groups in total. The Bertz CT molecular complexity index is 236. The molecule has 0 saturated heterocycles. The summed E-state index contributed by atoms with van der Waals surface area (Å²) in [5.41, 5.74) is 0. The van der Waals surface area contributed by atoms with Crippen LogP contribution in [-0.4, -0.2) is 5.91 Å². The fourth-order valence-corrected chi connectivity index (χ4v) is 2.36. The summed E-state index contributed by atoms with van der Waals surface area (Å²) in [4.78, 5) is 11.4. The Balaban J connectivity index is 2.24. The number of carbonyl (C=O) groups excluding carboxylic acids is 1. The number of nitriles is 1. The summed E-state index contributed by atoms with van der Waals surface area (Å²) in [5, 5.41) is 10.6. The summed E-state index contributed by atoms with van der Waals surface area (Å²) >= 11 is 0. The number of unbranched alkanes of at least 4 members (excludes halogenated alkanes) is 1. The Kier molecular flexibility index (Phi) is 5.17. The maximum Gasteiger partial charge on any atom is 0.236 e. The molecule has 1 fully saturated rings. The van der Waals surface area contributed by atoms with Gasteiger partial charge in [-0.05, 0) is 31.6 Å². The van der Waals surface area contributed by atoms with Crippen LogP contribution in [0.2, 0.25) is 0 Å². The highest BCUT2D eigenvalue weighted by molar-refractivity contribution is 5.80. The van der Waals surface area contributed by atoms with Crippen LogP contribution in [0.25, 0.3) is 0 Å². The molecule has 0 aliphatic heterocycles. The van der Waals surface area contributed by atoms with E-state index in [0.717, 1.165) is 31.6 Å². The van der Waals surface area contributed by atoms with Crippen molar-refractivity contribution in [3.8, 4) is 6.19 Å². The van der Waals surface area contributed by atoms with Crippen LogP contribution in [0.1, 0.15) is 51.9 Å². The first-order valence-electron chi connectivity index (χ1n) is 5.96. The van der Waals surface area contributed by atoms with Crippen molar-refractivity contribution in [1.82, 2.24) is 5.32 Å². The van der Waals surface area contributed by atoms with Gasteiger partial charge in [-0.1, -0.05) is 26.2 Å². The lowest BCUT2D eigenvalue weighted by Crippen LogP contribution is -2.30. The van der Waals surface area contributed by atoms with Crippen molar-refractivity contribution in [2.45, 2.75) is 51.9 Å². The van der Waals surface area contributed by atoms with E-state index in [1.165, 1.54) is 19.3 Å². The topological polar surface area (TPSA) is 52.9 Å². The molecule has 0 aromatic heterocycles. The van der Waals surface area contributed by atoms with Crippen molar-refractivity contribution >= 4 is 5.91 Å². The van der Waals surface area contributed by atoms with Crippen LogP contribution in [0.15, 0.2) is 0 Å². The zero-order chi connectivity index (χ0) is 11.1. The van der Waals surface area contributed by atoms with Gasteiger partial charge in [0.1, 0.15) is 0 Å². The van der Waals surface area contributed by atoms with Crippen molar-refractivity contribution in [3.05, 3.63) is 0 Å². The summed E-state index contributed by atoms with van der Waals surface area (Å²) in [6.45, 7) is 2.21. The molecule has 1 amide bonds. The third-order valence-electron chi connectivity index (χ3n) is 3.36. The number of nitrogens with one attached hydrogen (secondary N) is 1. The van der Waals surface area contributed by atoms with E-state index in [2.05, 4.69) is 12.2 Å². The van der Waals surface area contributed by atoms with Crippen LogP contribution in [0.3, 0.4) is 0 Å². The quantitative estimate of drug-likeness (QED) is 0.570. The molecular formula is C12H20N2O. The molecule has 84 valence electrons. The van der Waals surface area contributed by atoms with Gasteiger partial charge in [0, 0.05) is 5.92 Å². The summed E-state index contributed by atoms with van der Waals surface area (Å²) in [6, 6.07) is 0. The summed E-state index contributed by atoms with van der Waals surface area (Å²) in [7, 11) is 0.